The van der Waals surface area contributed by atoms with Crippen molar-refractivity contribution in [1.29, 1.82) is 0 Å². The van der Waals surface area contributed by atoms with Crippen LogP contribution < -0.4 is 5.32 Å². The van der Waals surface area contributed by atoms with Crippen LogP contribution >= 0.6 is 0 Å². The van der Waals surface area contributed by atoms with Gasteiger partial charge >= 0.3 is 11.9 Å². The molecule has 1 aromatic rings. The maximum atomic E-state index is 12.2. The van der Waals surface area contributed by atoms with Gasteiger partial charge in [-0.05, 0) is 32.6 Å². The fourth-order valence-electron chi connectivity index (χ4n) is 2.71. The fraction of sp³-hybridized carbons (Fsp3) is 0.625. The summed E-state index contributed by atoms with van der Waals surface area (Å²) in [4.78, 5) is 35.6. The number of nitrogens with one attached hydrogen (secondary N) is 2. The zero-order valence-corrected chi connectivity index (χ0v) is 14.4. The van der Waals surface area contributed by atoms with Crippen LogP contribution in [0.5, 0.6) is 0 Å². The van der Waals surface area contributed by atoms with E-state index in [-0.39, 0.29) is 30.6 Å². The molecular weight excluding hydrogens is 330 g/mol. The predicted octanol–water partition coefficient (Wildman–Crippen LogP) is 1.37. The van der Waals surface area contributed by atoms with Gasteiger partial charge in [0, 0.05) is 18.8 Å². The first-order valence-electron chi connectivity index (χ1n) is 8.35. The minimum Gasteiger partial charge on any atom is -0.466 e. The van der Waals surface area contributed by atoms with Crippen LogP contribution in [0.25, 0.3) is 0 Å². The Morgan fingerprint density at radius 2 is 1.88 bits per heavy atom. The minimum absolute atomic E-state index is 0.00444. The second-order valence-electron chi connectivity index (χ2n) is 5.50. The summed E-state index contributed by atoms with van der Waals surface area (Å²) in [6, 6.07) is 0. The lowest BCUT2D eigenvalue weighted by Gasteiger charge is -2.23. The SMILES string of the molecule is CCOC(=O)CC(=O)Nc1n[nH]c(C(=O)OCC)c1C1CCOCC1. The summed E-state index contributed by atoms with van der Waals surface area (Å²) in [5.41, 5.74) is 0.819. The highest BCUT2D eigenvalue weighted by Crippen LogP contribution is 2.34. The van der Waals surface area contributed by atoms with Gasteiger partial charge in [0.2, 0.25) is 5.91 Å². The molecule has 0 unspecified atom stereocenters. The van der Waals surface area contributed by atoms with Gasteiger partial charge in [-0.3, -0.25) is 14.7 Å². The molecule has 0 atom stereocenters. The van der Waals surface area contributed by atoms with Gasteiger partial charge in [0.25, 0.3) is 0 Å². The molecule has 9 heteroatoms. The van der Waals surface area contributed by atoms with Gasteiger partial charge < -0.3 is 19.5 Å². The third kappa shape index (κ3) is 5.02. The number of carbonyl (C=O) groups excluding carboxylic acids is 3. The lowest BCUT2D eigenvalue weighted by atomic mass is 9.91. The van der Waals surface area contributed by atoms with Crippen LogP contribution in [-0.4, -0.2) is 54.5 Å². The van der Waals surface area contributed by atoms with Crippen molar-refractivity contribution in [2.45, 2.75) is 39.0 Å². The molecule has 1 fully saturated rings. The summed E-state index contributed by atoms with van der Waals surface area (Å²) >= 11 is 0. The summed E-state index contributed by atoms with van der Waals surface area (Å²) in [5.74, 6) is -1.45. The summed E-state index contributed by atoms with van der Waals surface area (Å²) in [6.45, 7) is 4.94. The second-order valence-corrected chi connectivity index (χ2v) is 5.50. The topological polar surface area (TPSA) is 120 Å². The van der Waals surface area contributed by atoms with E-state index in [9.17, 15) is 14.4 Å². The number of aromatic amines is 1. The maximum Gasteiger partial charge on any atom is 0.356 e. The number of ether oxygens (including phenoxy) is 3. The molecule has 1 saturated heterocycles. The highest BCUT2D eigenvalue weighted by atomic mass is 16.5. The molecule has 25 heavy (non-hydrogen) atoms. The van der Waals surface area contributed by atoms with Crippen LogP contribution in [0.3, 0.4) is 0 Å². The number of nitrogens with zero attached hydrogens (tertiary/aromatic N) is 1. The average molecular weight is 353 g/mol. The molecule has 0 aromatic carbocycles. The van der Waals surface area contributed by atoms with Crippen LogP contribution in [0.15, 0.2) is 0 Å². The van der Waals surface area contributed by atoms with Crippen molar-refractivity contribution in [3.63, 3.8) is 0 Å². The lowest BCUT2D eigenvalue weighted by Crippen LogP contribution is -2.21. The summed E-state index contributed by atoms with van der Waals surface area (Å²) < 4.78 is 15.2. The third-order valence-electron chi connectivity index (χ3n) is 3.78. The Morgan fingerprint density at radius 1 is 1.20 bits per heavy atom. The first kappa shape index (κ1) is 18.9. The zero-order valence-electron chi connectivity index (χ0n) is 14.4. The van der Waals surface area contributed by atoms with E-state index in [1.807, 2.05) is 0 Å². The van der Waals surface area contributed by atoms with Crippen LogP contribution in [0.4, 0.5) is 5.82 Å². The van der Waals surface area contributed by atoms with E-state index >= 15 is 0 Å². The minimum atomic E-state index is -0.617. The number of aromatic nitrogens is 2. The molecular formula is C16H23N3O6. The molecule has 0 spiro atoms. The third-order valence-corrected chi connectivity index (χ3v) is 3.78. The van der Waals surface area contributed by atoms with Gasteiger partial charge in [0.15, 0.2) is 5.82 Å². The van der Waals surface area contributed by atoms with Crippen molar-refractivity contribution >= 4 is 23.7 Å². The Balaban J connectivity index is 2.20. The number of carbonyl (C=O) groups is 3. The molecule has 0 bridgehead atoms. The van der Waals surface area contributed by atoms with Gasteiger partial charge in [-0.25, -0.2) is 4.79 Å². The van der Waals surface area contributed by atoms with Crippen LogP contribution in [0.2, 0.25) is 0 Å². The van der Waals surface area contributed by atoms with Crippen molar-refractivity contribution in [3.05, 3.63) is 11.3 Å². The first-order chi connectivity index (χ1) is 12.1. The molecule has 1 aliphatic heterocycles. The normalized spacial score (nSPS) is 14.8. The van der Waals surface area contributed by atoms with E-state index in [0.717, 1.165) is 0 Å². The number of esters is 2. The molecule has 2 N–H and O–H groups in total. The highest BCUT2D eigenvalue weighted by molar-refractivity contribution is 6.02. The predicted molar refractivity (Wildman–Crippen MR) is 87.2 cm³/mol. The molecule has 2 heterocycles. The monoisotopic (exact) mass is 353 g/mol. The zero-order chi connectivity index (χ0) is 18.2. The van der Waals surface area contributed by atoms with E-state index in [1.54, 1.807) is 13.8 Å². The summed E-state index contributed by atoms with van der Waals surface area (Å²) in [5, 5.41) is 9.26. The van der Waals surface area contributed by atoms with E-state index in [0.29, 0.717) is 31.6 Å². The van der Waals surface area contributed by atoms with Crippen molar-refractivity contribution in [2.24, 2.45) is 0 Å². The van der Waals surface area contributed by atoms with Gasteiger partial charge in [-0.1, -0.05) is 0 Å². The molecule has 0 aliphatic carbocycles. The van der Waals surface area contributed by atoms with Crippen LogP contribution in [-0.2, 0) is 23.8 Å². The quantitative estimate of drug-likeness (QED) is 0.561. The number of hydrogen-bond donors (Lipinski definition) is 2. The molecule has 138 valence electrons. The average Bonchev–Trinajstić information content (AvgIpc) is 2.99. The van der Waals surface area contributed by atoms with Gasteiger partial charge in [-0.15, -0.1) is 0 Å². The van der Waals surface area contributed by atoms with Crippen molar-refractivity contribution in [3.8, 4) is 0 Å². The number of rotatable bonds is 7. The molecule has 0 saturated carbocycles. The van der Waals surface area contributed by atoms with E-state index in [1.165, 1.54) is 0 Å². The maximum absolute atomic E-state index is 12.2. The van der Waals surface area contributed by atoms with Gasteiger partial charge in [0.05, 0.1) is 13.2 Å². The van der Waals surface area contributed by atoms with Crippen molar-refractivity contribution in [1.82, 2.24) is 10.2 Å². The molecule has 0 radical (unpaired) electrons. The molecule has 1 aromatic heterocycles. The smallest absolute Gasteiger partial charge is 0.356 e. The molecule has 9 nitrogen and oxygen atoms in total. The number of anilines is 1. The van der Waals surface area contributed by atoms with E-state index < -0.39 is 24.3 Å². The van der Waals surface area contributed by atoms with Crippen molar-refractivity contribution < 1.29 is 28.6 Å². The molecule has 1 aliphatic rings. The van der Waals surface area contributed by atoms with Gasteiger partial charge in [0.1, 0.15) is 12.1 Å². The molecule has 1 amide bonds. The van der Waals surface area contributed by atoms with Crippen LogP contribution in [0.1, 0.15) is 55.1 Å². The number of hydrogen-bond acceptors (Lipinski definition) is 7. The number of H-pyrrole nitrogens is 1. The summed E-state index contributed by atoms with van der Waals surface area (Å²) in [6.07, 6.45) is 0.988. The lowest BCUT2D eigenvalue weighted by molar-refractivity contribution is -0.145. The first-order valence-corrected chi connectivity index (χ1v) is 8.35. The standard InChI is InChI=1S/C16H23N3O6/c1-3-24-12(21)9-11(20)17-15-13(10-5-7-23-8-6-10)14(18-19-15)16(22)25-4-2/h10H,3-9H2,1-2H3,(H2,17,18,19,20). The number of amides is 1. The Hall–Kier alpha value is -2.42. The Bertz CT molecular complexity index is 621. The Labute approximate surface area is 145 Å². The van der Waals surface area contributed by atoms with Gasteiger partial charge in [-0.2, -0.15) is 5.10 Å². The molecule has 2 rings (SSSR count). The van der Waals surface area contributed by atoms with Crippen molar-refractivity contribution in [2.75, 3.05) is 31.7 Å². The van der Waals surface area contributed by atoms with E-state index in [2.05, 4.69) is 15.5 Å². The van der Waals surface area contributed by atoms with E-state index in [4.69, 9.17) is 14.2 Å². The van der Waals surface area contributed by atoms with Crippen LogP contribution in [0, 0.1) is 0 Å². The Morgan fingerprint density at radius 3 is 2.52 bits per heavy atom. The Kier molecular flexibility index (Phi) is 6.93. The largest absolute Gasteiger partial charge is 0.466 e. The second kappa shape index (κ2) is 9.16. The fourth-order valence-corrected chi connectivity index (χ4v) is 2.71. The highest BCUT2D eigenvalue weighted by Gasteiger charge is 2.29. The summed E-state index contributed by atoms with van der Waals surface area (Å²) in [7, 11) is 0.